The lowest BCUT2D eigenvalue weighted by molar-refractivity contribution is 0.611. The molecule has 0 saturated carbocycles. The third kappa shape index (κ3) is 1.94. The number of hydrogen-bond acceptors (Lipinski definition) is 4. The predicted octanol–water partition coefficient (Wildman–Crippen LogP) is 4.65. The molecular formula is C16H12N2OS. The highest BCUT2D eigenvalue weighted by Gasteiger charge is 2.05. The molecule has 2 heterocycles. The van der Waals surface area contributed by atoms with Crippen LogP contribution in [0.4, 0.5) is 5.69 Å². The van der Waals surface area contributed by atoms with Crippen molar-refractivity contribution in [1.82, 2.24) is 4.98 Å². The van der Waals surface area contributed by atoms with E-state index < -0.39 is 0 Å². The van der Waals surface area contributed by atoms with Gasteiger partial charge in [0.25, 0.3) is 0 Å². The molecule has 4 aromatic rings. The van der Waals surface area contributed by atoms with E-state index in [1.165, 1.54) is 15.6 Å². The summed E-state index contributed by atoms with van der Waals surface area (Å²) in [6.07, 6.45) is 1.82. The fraction of sp³-hybridized carbons (Fsp3) is 0.0625. The maximum absolute atomic E-state index is 5.55. The number of benzene rings is 2. The smallest absolute Gasteiger partial charge is 0.134 e. The van der Waals surface area contributed by atoms with Crippen LogP contribution in [0.25, 0.3) is 21.2 Å². The summed E-state index contributed by atoms with van der Waals surface area (Å²) in [5.74, 6) is 0. The number of nitrogens with zero attached hydrogens (tertiary/aromatic N) is 1. The van der Waals surface area contributed by atoms with E-state index in [-0.39, 0.29) is 0 Å². The summed E-state index contributed by atoms with van der Waals surface area (Å²) in [5.41, 5.74) is 6.13. The number of nitrogens with one attached hydrogen (secondary N) is 1. The molecule has 0 bridgehead atoms. The van der Waals surface area contributed by atoms with Crippen LogP contribution in [0.2, 0.25) is 0 Å². The normalized spacial score (nSPS) is 11.2. The van der Waals surface area contributed by atoms with Crippen molar-refractivity contribution in [2.45, 2.75) is 6.54 Å². The minimum Gasteiger partial charge on any atom is -0.464 e. The quantitative estimate of drug-likeness (QED) is 0.593. The molecule has 2 aromatic heterocycles. The number of aromatic nitrogens is 1. The summed E-state index contributed by atoms with van der Waals surface area (Å²) in [4.78, 5) is 4.29. The van der Waals surface area contributed by atoms with E-state index in [1.807, 2.05) is 36.0 Å². The highest BCUT2D eigenvalue weighted by molar-refractivity contribution is 7.16. The summed E-state index contributed by atoms with van der Waals surface area (Å²) >= 11 is 1.66. The highest BCUT2D eigenvalue weighted by Crippen LogP contribution is 2.24. The minimum atomic E-state index is 0.751. The second-order valence-electron chi connectivity index (χ2n) is 4.65. The summed E-state index contributed by atoms with van der Waals surface area (Å²) < 4.78 is 6.75. The van der Waals surface area contributed by atoms with Gasteiger partial charge in [-0.15, -0.1) is 11.3 Å². The van der Waals surface area contributed by atoms with Crippen LogP contribution in [0, 0.1) is 0 Å². The summed E-state index contributed by atoms with van der Waals surface area (Å²) in [6, 6.07) is 14.3. The summed E-state index contributed by atoms with van der Waals surface area (Å²) in [6.45, 7) is 0.751. The highest BCUT2D eigenvalue weighted by atomic mass is 32.1. The average molecular weight is 280 g/mol. The van der Waals surface area contributed by atoms with Gasteiger partial charge >= 0.3 is 0 Å². The van der Waals surface area contributed by atoms with Gasteiger partial charge in [-0.3, -0.25) is 0 Å². The lowest BCUT2D eigenvalue weighted by Gasteiger charge is -2.05. The topological polar surface area (TPSA) is 38.1 Å². The lowest BCUT2D eigenvalue weighted by Crippen LogP contribution is -1.98. The van der Waals surface area contributed by atoms with Gasteiger partial charge in [0, 0.05) is 23.2 Å². The first kappa shape index (κ1) is 11.5. The Morgan fingerprint density at radius 3 is 3.10 bits per heavy atom. The van der Waals surface area contributed by atoms with Gasteiger partial charge in [0.05, 0.1) is 22.0 Å². The number of fused-ring (bicyclic) bond motifs is 2. The first-order valence-electron chi connectivity index (χ1n) is 6.42. The van der Waals surface area contributed by atoms with Crippen molar-refractivity contribution < 1.29 is 4.42 Å². The Kier molecular flexibility index (Phi) is 2.67. The molecule has 4 heteroatoms. The van der Waals surface area contributed by atoms with Crippen LogP contribution in [0.3, 0.4) is 0 Å². The van der Waals surface area contributed by atoms with Crippen LogP contribution in [0.1, 0.15) is 5.56 Å². The molecule has 3 nitrogen and oxygen atoms in total. The van der Waals surface area contributed by atoms with Crippen molar-refractivity contribution in [1.29, 1.82) is 0 Å². The first-order valence-corrected chi connectivity index (χ1v) is 7.30. The molecule has 0 radical (unpaired) electrons. The van der Waals surface area contributed by atoms with E-state index in [1.54, 1.807) is 11.3 Å². The van der Waals surface area contributed by atoms with Crippen LogP contribution >= 0.6 is 11.3 Å². The maximum Gasteiger partial charge on any atom is 0.134 e. The van der Waals surface area contributed by atoms with Crippen molar-refractivity contribution in [3.8, 4) is 0 Å². The number of para-hydroxylation sites is 1. The van der Waals surface area contributed by atoms with Crippen molar-refractivity contribution >= 4 is 38.2 Å². The molecule has 0 amide bonds. The first-order chi connectivity index (χ1) is 9.90. The van der Waals surface area contributed by atoms with E-state index in [0.717, 1.165) is 23.3 Å². The predicted molar refractivity (Wildman–Crippen MR) is 83.2 cm³/mol. The van der Waals surface area contributed by atoms with Gasteiger partial charge in [-0.25, -0.2) is 4.98 Å². The van der Waals surface area contributed by atoms with Gasteiger partial charge in [-0.05, 0) is 24.3 Å². The Balaban J connectivity index is 1.60. The van der Waals surface area contributed by atoms with E-state index in [2.05, 4.69) is 28.5 Å². The number of furan rings is 1. The van der Waals surface area contributed by atoms with Crippen LogP contribution in [0.5, 0.6) is 0 Å². The zero-order valence-corrected chi connectivity index (χ0v) is 11.5. The largest absolute Gasteiger partial charge is 0.464 e. The van der Waals surface area contributed by atoms with Crippen molar-refractivity contribution in [2.24, 2.45) is 0 Å². The zero-order chi connectivity index (χ0) is 13.4. The molecule has 0 unspecified atom stereocenters. The van der Waals surface area contributed by atoms with Crippen LogP contribution in [-0.2, 0) is 6.54 Å². The molecule has 4 rings (SSSR count). The van der Waals surface area contributed by atoms with E-state index in [4.69, 9.17) is 4.42 Å². The lowest BCUT2D eigenvalue weighted by atomic mass is 10.2. The SMILES string of the molecule is c1ccc2c(CNc3ccc4ncsc4c3)coc2c1. The Morgan fingerprint density at radius 1 is 1.15 bits per heavy atom. The Labute approximate surface area is 119 Å². The van der Waals surface area contributed by atoms with E-state index >= 15 is 0 Å². The molecule has 20 heavy (non-hydrogen) atoms. The van der Waals surface area contributed by atoms with Gasteiger partial charge in [-0.1, -0.05) is 18.2 Å². The Morgan fingerprint density at radius 2 is 2.10 bits per heavy atom. The molecule has 0 aliphatic heterocycles. The number of hydrogen-bond donors (Lipinski definition) is 1. The minimum absolute atomic E-state index is 0.751. The number of thiazole rings is 1. The van der Waals surface area contributed by atoms with Crippen molar-refractivity contribution in [2.75, 3.05) is 5.32 Å². The molecule has 1 N–H and O–H groups in total. The molecule has 2 aromatic carbocycles. The van der Waals surface area contributed by atoms with Gasteiger partial charge < -0.3 is 9.73 Å². The van der Waals surface area contributed by atoms with Crippen LogP contribution in [-0.4, -0.2) is 4.98 Å². The standard InChI is InChI=1S/C16H12N2OS/c1-2-4-15-13(3-1)11(9-19-15)8-17-12-5-6-14-16(7-12)20-10-18-14/h1-7,9-10,17H,8H2. The van der Waals surface area contributed by atoms with Crippen LogP contribution < -0.4 is 5.32 Å². The van der Waals surface area contributed by atoms with Gasteiger partial charge in [0.2, 0.25) is 0 Å². The molecule has 98 valence electrons. The molecule has 0 aliphatic carbocycles. The molecule has 0 fully saturated rings. The summed E-state index contributed by atoms with van der Waals surface area (Å²) in [5, 5.41) is 4.61. The van der Waals surface area contributed by atoms with E-state index in [0.29, 0.717) is 0 Å². The van der Waals surface area contributed by atoms with Gasteiger partial charge in [0.1, 0.15) is 5.58 Å². The molecular weight excluding hydrogens is 268 g/mol. The maximum atomic E-state index is 5.55. The van der Waals surface area contributed by atoms with Crippen LogP contribution in [0.15, 0.2) is 58.7 Å². The molecule has 0 atom stereocenters. The molecule has 0 spiro atoms. The Bertz CT molecular complexity index is 878. The molecule has 0 saturated heterocycles. The van der Waals surface area contributed by atoms with Gasteiger partial charge in [-0.2, -0.15) is 0 Å². The zero-order valence-electron chi connectivity index (χ0n) is 10.7. The van der Waals surface area contributed by atoms with Gasteiger partial charge in [0.15, 0.2) is 0 Å². The van der Waals surface area contributed by atoms with Crippen molar-refractivity contribution in [3.05, 3.63) is 59.8 Å². The third-order valence-corrected chi connectivity index (χ3v) is 4.17. The van der Waals surface area contributed by atoms with Crippen molar-refractivity contribution in [3.63, 3.8) is 0 Å². The fourth-order valence-electron chi connectivity index (χ4n) is 2.33. The number of anilines is 1. The summed E-state index contributed by atoms with van der Waals surface area (Å²) in [7, 11) is 0. The average Bonchev–Trinajstić information content (AvgIpc) is 3.11. The molecule has 0 aliphatic rings. The number of rotatable bonds is 3. The second-order valence-corrected chi connectivity index (χ2v) is 5.53. The monoisotopic (exact) mass is 280 g/mol. The third-order valence-electron chi connectivity index (χ3n) is 3.38. The Hall–Kier alpha value is -2.33. The van der Waals surface area contributed by atoms with E-state index in [9.17, 15) is 0 Å². The second kappa shape index (κ2) is 4.65. The fourth-order valence-corrected chi connectivity index (χ4v) is 3.05.